The lowest BCUT2D eigenvalue weighted by atomic mass is 10.1. The topological polar surface area (TPSA) is 106 Å². The molecule has 28 heavy (non-hydrogen) atoms. The van der Waals surface area contributed by atoms with E-state index >= 15 is 0 Å². The quantitative estimate of drug-likeness (QED) is 0.557. The maximum Gasteiger partial charge on any atom is 0.254 e. The van der Waals surface area contributed by atoms with Crippen molar-refractivity contribution in [2.45, 2.75) is 6.04 Å². The standard InChI is InChI=1S/C19H20N8O/c1-21-16-6-15(24-19-13(17(20)28)7-23-27(16)19)14-10-26(11-8-25(2)9-11)18-12(14)4-3-5-22-18/h3-7,10-11,21H,8-9H2,1-2H3,(H2,20,28). The largest absolute Gasteiger partial charge is 0.373 e. The van der Waals surface area contributed by atoms with Crippen LogP contribution in [0.5, 0.6) is 0 Å². The van der Waals surface area contributed by atoms with Gasteiger partial charge in [0, 0.05) is 49.5 Å². The van der Waals surface area contributed by atoms with Gasteiger partial charge in [-0.2, -0.15) is 9.61 Å². The minimum absolute atomic E-state index is 0.292. The van der Waals surface area contributed by atoms with E-state index < -0.39 is 5.91 Å². The van der Waals surface area contributed by atoms with Gasteiger partial charge in [-0.1, -0.05) is 0 Å². The number of amides is 1. The number of nitrogens with zero attached hydrogens (tertiary/aromatic N) is 6. The number of nitrogens with two attached hydrogens (primary N) is 1. The molecular formula is C19H20N8O. The van der Waals surface area contributed by atoms with Gasteiger partial charge in [-0.15, -0.1) is 0 Å². The maximum atomic E-state index is 11.8. The Kier molecular flexibility index (Phi) is 3.59. The van der Waals surface area contributed by atoms with Crippen molar-refractivity contribution in [1.82, 2.24) is 29.0 Å². The van der Waals surface area contributed by atoms with E-state index in [0.29, 0.717) is 17.3 Å². The predicted molar refractivity (Wildman–Crippen MR) is 106 cm³/mol. The van der Waals surface area contributed by atoms with Crippen molar-refractivity contribution in [3.05, 3.63) is 42.4 Å². The zero-order valence-electron chi connectivity index (χ0n) is 15.6. The summed E-state index contributed by atoms with van der Waals surface area (Å²) in [6.45, 7) is 1.98. The fourth-order valence-electron chi connectivity index (χ4n) is 3.86. The van der Waals surface area contributed by atoms with Crippen LogP contribution in [0.1, 0.15) is 16.4 Å². The van der Waals surface area contributed by atoms with Gasteiger partial charge in [0.15, 0.2) is 5.65 Å². The number of nitrogens with one attached hydrogen (secondary N) is 1. The third-order valence-electron chi connectivity index (χ3n) is 5.30. The average molecular weight is 376 g/mol. The van der Waals surface area contributed by atoms with Crippen LogP contribution in [0.25, 0.3) is 27.9 Å². The van der Waals surface area contributed by atoms with Gasteiger partial charge in [-0.3, -0.25) is 4.79 Å². The van der Waals surface area contributed by atoms with Crippen LogP contribution >= 0.6 is 0 Å². The predicted octanol–water partition coefficient (Wildman–Crippen LogP) is 1.37. The molecule has 0 aliphatic carbocycles. The van der Waals surface area contributed by atoms with Gasteiger partial charge in [0.25, 0.3) is 5.91 Å². The van der Waals surface area contributed by atoms with Crippen LogP contribution in [-0.2, 0) is 0 Å². The number of hydrogen-bond donors (Lipinski definition) is 2. The monoisotopic (exact) mass is 376 g/mol. The molecule has 1 amide bonds. The Hall–Kier alpha value is -3.46. The molecule has 142 valence electrons. The molecule has 3 N–H and O–H groups in total. The van der Waals surface area contributed by atoms with Gasteiger partial charge in [0.05, 0.1) is 17.9 Å². The van der Waals surface area contributed by atoms with Crippen molar-refractivity contribution < 1.29 is 4.79 Å². The molecule has 0 saturated carbocycles. The summed E-state index contributed by atoms with van der Waals surface area (Å²) in [6, 6.07) is 6.28. The third-order valence-corrected chi connectivity index (χ3v) is 5.30. The van der Waals surface area contributed by atoms with Crippen molar-refractivity contribution in [1.29, 1.82) is 0 Å². The third kappa shape index (κ3) is 2.36. The van der Waals surface area contributed by atoms with Gasteiger partial charge in [0.1, 0.15) is 17.0 Å². The highest BCUT2D eigenvalue weighted by molar-refractivity contribution is 6.00. The molecule has 9 nitrogen and oxygen atoms in total. The van der Waals surface area contributed by atoms with E-state index in [1.165, 1.54) is 6.20 Å². The summed E-state index contributed by atoms with van der Waals surface area (Å²) in [4.78, 5) is 23.4. The van der Waals surface area contributed by atoms with E-state index in [2.05, 4.69) is 38.1 Å². The second-order valence-corrected chi connectivity index (χ2v) is 7.13. The Morgan fingerprint density at radius 1 is 1.32 bits per heavy atom. The van der Waals surface area contributed by atoms with Crippen LogP contribution in [-0.4, -0.2) is 62.1 Å². The van der Waals surface area contributed by atoms with Gasteiger partial charge in [-0.05, 0) is 19.2 Å². The van der Waals surface area contributed by atoms with Crippen molar-refractivity contribution in [2.75, 3.05) is 32.5 Å². The summed E-state index contributed by atoms with van der Waals surface area (Å²) in [5, 5.41) is 8.38. The lowest BCUT2D eigenvalue weighted by Crippen LogP contribution is -2.44. The molecule has 1 aliphatic rings. The maximum absolute atomic E-state index is 11.8. The van der Waals surface area contributed by atoms with E-state index in [-0.39, 0.29) is 0 Å². The first kappa shape index (κ1) is 16.7. The summed E-state index contributed by atoms with van der Waals surface area (Å²) in [5.74, 6) is 0.170. The van der Waals surface area contributed by atoms with Crippen molar-refractivity contribution in [2.24, 2.45) is 5.73 Å². The second kappa shape index (κ2) is 6.03. The number of rotatable bonds is 4. The van der Waals surface area contributed by atoms with Crippen LogP contribution in [0.2, 0.25) is 0 Å². The summed E-state index contributed by atoms with van der Waals surface area (Å²) >= 11 is 0. The van der Waals surface area contributed by atoms with E-state index in [1.54, 1.807) is 11.6 Å². The molecule has 1 saturated heterocycles. The van der Waals surface area contributed by atoms with Crippen molar-refractivity contribution in [3.8, 4) is 11.3 Å². The number of carbonyl (C=O) groups excluding carboxylic acids is 1. The molecule has 1 aliphatic heterocycles. The molecule has 5 rings (SSSR count). The summed E-state index contributed by atoms with van der Waals surface area (Å²) in [5.41, 5.74) is 8.87. The van der Waals surface area contributed by atoms with Crippen LogP contribution < -0.4 is 11.1 Å². The SMILES string of the molecule is CNc1cc(-c2cn(C3CN(C)C3)c3ncccc23)nc2c(C(N)=O)cnn12. The Balaban J connectivity index is 1.75. The molecule has 9 heteroatoms. The molecule has 0 aromatic carbocycles. The van der Waals surface area contributed by atoms with E-state index in [9.17, 15) is 4.79 Å². The first-order valence-corrected chi connectivity index (χ1v) is 9.07. The van der Waals surface area contributed by atoms with Crippen molar-refractivity contribution >= 4 is 28.4 Å². The fourth-order valence-corrected chi connectivity index (χ4v) is 3.86. The zero-order chi connectivity index (χ0) is 19.4. The zero-order valence-corrected chi connectivity index (χ0v) is 15.6. The summed E-state index contributed by atoms with van der Waals surface area (Å²) in [6.07, 6.45) is 5.36. The number of anilines is 1. The van der Waals surface area contributed by atoms with Gasteiger partial charge in [0.2, 0.25) is 0 Å². The minimum atomic E-state index is -0.552. The lowest BCUT2D eigenvalue weighted by molar-refractivity contribution is 0.100. The lowest BCUT2D eigenvalue weighted by Gasteiger charge is -2.37. The molecule has 0 unspecified atom stereocenters. The highest BCUT2D eigenvalue weighted by Gasteiger charge is 2.28. The first-order valence-electron chi connectivity index (χ1n) is 9.07. The molecule has 0 bridgehead atoms. The van der Waals surface area contributed by atoms with Crippen LogP contribution in [0.15, 0.2) is 36.8 Å². The second-order valence-electron chi connectivity index (χ2n) is 7.13. The number of hydrogen-bond acceptors (Lipinski definition) is 6. The van der Waals surface area contributed by atoms with Gasteiger partial charge in [-0.25, -0.2) is 9.97 Å². The molecule has 0 spiro atoms. The van der Waals surface area contributed by atoms with Gasteiger partial charge >= 0.3 is 0 Å². The molecule has 1 fully saturated rings. The number of aromatic nitrogens is 5. The number of carbonyl (C=O) groups is 1. The van der Waals surface area contributed by atoms with E-state index in [0.717, 1.165) is 41.2 Å². The first-order chi connectivity index (χ1) is 13.6. The van der Waals surface area contributed by atoms with Crippen LogP contribution in [0, 0.1) is 0 Å². The number of likely N-dealkylation sites (tertiary alicyclic amines) is 1. The van der Waals surface area contributed by atoms with E-state index in [4.69, 9.17) is 10.7 Å². The van der Waals surface area contributed by atoms with Crippen LogP contribution in [0.3, 0.4) is 0 Å². The average Bonchev–Trinajstić information content (AvgIpc) is 3.26. The Morgan fingerprint density at radius 2 is 2.14 bits per heavy atom. The van der Waals surface area contributed by atoms with E-state index in [1.807, 2.05) is 24.4 Å². The highest BCUT2D eigenvalue weighted by Crippen LogP contribution is 2.34. The smallest absolute Gasteiger partial charge is 0.254 e. The van der Waals surface area contributed by atoms with Gasteiger partial charge < -0.3 is 20.5 Å². The Labute approximate surface area is 160 Å². The number of primary amides is 1. The highest BCUT2D eigenvalue weighted by atomic mass is 16.1. The normalized spacial score (nSPS) is 15.2. The number of fused-ring (bicyclic) bond motifs is 2. The minimum Gasteiger partial charge on any atom is -0.373 e. The number of pyridine rings is 1. The van der Waals surface area contributed by atoms with Crippen molar-refractivity contribution in [3.63, 3.8) is 0 Å². The van der Waals surface area contributed by atoms with Crippen LogP contribution in [0.4, 0.5) is 5.82 Å². The Bertz CT molecular complexity index is 1220. The Morgan fingerprint density at radius 3 is 2.86 bits per heavy atom. The summed E-state index contributed by atoms with van der Waals surface area (Å²) in [7, 11) is 3.91. The summed E-state index contributed by atoms with van der Waals surface area (Å²) < 4.78 is 3.81. The number of likely N-dealkylation sites (N-methyl/N-ethyl adjacent to an activating group) is 1. The molecule has 0 radical (unpaired) electrons. The molecule has 4 aromatic rings. The molecular weight excluding hydrogens is 356 g/mol. The fraction of sp³-hybridized carbons (Fsp3) is 0.263. The molecule has 0 atom stereocenters. The molecule has 4 aromatic heterocycles. The molecule has 5 heterocycles.